The summed E-state index contributed by atoms with van der Waals surface area (Å²) >= 11 is 2.64. The number of carboxylic acids is 1. The number of nitrogens with one attached hydrogen (secondary N) is 1. The number of ether oxygens (including phenoxy) is 1. The number of aliphatic carboxylic acids is 1. The molecule has 1 fully saturated rings. The van der Waals surface area contributed by atoms with Gasteiger partial charge in [0.05, 0.1) is 28.6 Å². The normalized spacial score (nSPS) is 14.4. The van der Waals surface area contributed by atoms with E-state index in [1.807, 2.05) is 0 Å². The van der Waals surface area contributed by atoms with Crippen molar-refractivity contribution in [2.45, 2.75) is 43.7 Å². The Kier molecular flexibility index (Phi) is 8.00. The first-order valence-corrected chi connectivity index (χ1v) is 12.2. The van der Waals surface area contributed by atoms with Gasteiger partial charge in [0, 0.05) is 18.4 Å². The summed E-state index contributed by atoms with van der Waals surface area (Å²) < 4.78 is 20.7. The Labute approximate surface area is 195 Å². The van der Waals surface area contributed by atoms with Gasteiger partial charge in [0.25, 0.3) is 0 Å². The highest BCUT2D eigenvalue weighted by atomic mass is 32.2. The average molecular weight is 482 g/mol. The van der Waals surface area contributed by atoms with Crippen LogP contribution in [0.25, 0.3) is 0 Å². The number of thioether (sulfide) groups is 1. The average Bonchev–Trinajstić information content (AvgIpc) is 3.42. The van der Waals surface area contributed by atoms with Crippen LogP contribution in [0.3, 0.4) is 0 Å². The fraction of sp³-hybridized carbons (Fsp3) is 0.500. The van der Waals surface area contributed by atoms with Gasteiger partial charge in [-0.3, -0.25) is 15.0 Å². The van der Waals surface area contributed by atoms with Crippen molar-refractivity contribution < 1.29 is 23.8 Å². The summed E-state index contributed by atoms with van der Waals surface area (Å²) in [5.41, 5.74) is -0.674. The molecule has 32 heavy (non-hydrogen) atoms. The summed E-state index contributed by atoms with van der Waals surface area (Å²) in [5.74, 6) is -0.305. The van der Waals surface area contributed by atoms with Crippen LogP contribution in [-0.2, 0) is 4.79 Å². The summed E-state index contributed by atoms with van der Waals surface area (Å²) in [4.78, 5) is 30.1. The lowest BCUT2D eigenvalue weighted by atomic mass is 9.97. The number of hydrogen-bond donors (Lipinski definition) is 2. The Balaban J connectivity index is 1.73. The van der Waals surface area contributed by atoms with E-state index in [1.165, 1.54) is 41.2 Å². The number of carbonyl (C=O) groups is 2. The van der Waals surface area contributed by atoms with Gasteiger partial charge in [-0.05, 0) is 44.7 Å². The first kappa shape index (κ1) is 24.3. The van der Waals surface area contributed by atoms with E-state index in [0.29, 0.717) is 29.1 Å². The number of rotatable bonds is 9. The van der Waals surface area contributed by atoms with Crippen LogP contribution in [0.15, 0.2) is 28.6 Å². The number of amides is 2. The molecule has 0 spiro atoms. The number of urea groups is 1. The van der Waals surface area contributed by atoms with Gasteiger partial charge in [0.2, 0.25) is 0 Å². The summed E-state index contributed by atoms with van der Waals surface area (Å²) in [7, 11) is 1.47. The van der Waals surface area contributed by atoms with Gasteiger partial charge in [0.1, 0.15) is 5.75 Å². The molecule has 1 heterocycles. The van der Waals surface area contributed by atoms with Gasteiger partial charge in [-0.25, -0.2) is 14.2 Å². The topological polar surface area (TPSA) is 91.8 Å². The van der Waals surface area contributed by atoms with Crippen molar-refractivity contribution >= 4 is 45.9 Å². The van der Waals surface area contributed by atoms with Crippen LogP contribution < -0.4 is 15.0 Å². The van der Waals surface area contributed by atoms with E-state index in [0.717, 1.165) is 29.9 Å². The maximum absolute atomic E-state index is 14.8. The SMILES string of the molecule is COc1ccc(N(CC2CCCC2)C(=O)Nc2ncc(SCC(C)(C)C(=O)O)s2)c(F)c1. The molecule has 1 aliphatic carbocycles. The van der Waals surface area contributed by atoms with Crippen LogP contribution in [-0.4, -0.2) is 41.5 Å². The monoisotopic (exact) mass is 481 g/mol. The lowest BCUT2D eigenvalue weighted by Crippen LogP contribution is -2.38. The van der Waals surface area contributed by atoms with Gasteiger partial charge in [-0.15, -0.1) is 11.8 Å². The maximum atomic E-state index is 14.8. The van der Waals surface area contributed by atoms with E-state index < -0.39 is 23.2 Å². The number of anilines is 2. The van der Waals surface area contributed by atoms with Crippen molar-refractivity contribution in [3.63, 3.8) is 0 Å². The molecule has 2 aromatic rings. The van der Waals surface area contributed by atoms with Crippen LogP contribution in [0, 0.1) is 17.2 Å². The third-order valence-electron chi connectivity index (χ3n) is 5.46. The number of thiazole rings is 1. The zero-order valence-corrected chi connectivity index (χ0v) is 20.0. The molecule has 2 N–H and O–H groups in total. The lowest BCUT2D eigenvalue weighted by molar-refractivity contribution is -0.145. The second-order valence-electron chi connectivity index (χ2n) is 8.47. The molecular weight excluding hydrogens is 453 g/mol. The smallest absolute Gasteiger partial charge is 0.328 e. The Hall–Kier alpha value is -2.33. The molecule has 0 bridgehead atoms. The van der Waals surface area contributed by atoms with E-state index in [2.05, 4.69) is 10.3 Å². The van der Waals surface area contributed by atoms with Crippen LogP contribution in [0.5, 0.6) is 5.75 Å². The van der Waals surface area contributed by atoms with Crippen molar-refractivity contribution in [3.8, 4) is 5.75 Å². The Morgan fingerprint density at radius 3 is 2.72 bits per heavy atom. The molecule has 0 atom stereocenters. The largest absolute Gasteiger partial charge is 0.497 e. The van der Waals surface area contributed by atoms with Gasteiger partial charge in [-0.1, -0.05) is 24.2 Å². The summed E-state index contributed by atoms with van der Waals surface area (Å²) in [5, 5.41) is 12.4. The second kappa shape index (κ2) is 10.5. The minimum absolute atomic E-state index is 0.199. The first-order chi connectivity index (χ1) is 15.2. The van der Waals surface area contributed by atoms with Gasteiger partial charge >= 0.3 is 12.0 Å². The molecule has 0 radical (unpaired) electrons. The lowest BCUT2D eigenvalue weighted by Gasteiger charge is -2.26. The van der Waals surface area contributed by atoms with Crippen molar-refractivity contribution in [1.29, 1.82) is 0 Å². The first-order valence-electron chi connectivity index (χ1n) is 10.4. The summed E-state index contributed by atoms with van der Waals surface area (Å²) in [6.45, 7) is 3.75. The molecule has 0 saturated heterocycles. The Morgan fingerprint density at radius 2 is 2.09 bits per heavy atom. The molecule has 0 unspecified atom stereocenters. The Morgan fingerprint density at radius 1 is 1.38 bits per heavy atom. The molecule has 0 aliphatic heterocycles. The van der Waals surface area contributed by atoms with Gasteiger partial charge in [0.15, 0.2) is 10.9 Å². The third-order valence-corrected chi connectivity index (χ3v) is 8.03. The molecule has 1 aliphatic rings. The molecule has 2 amide bonds. The number of benzene rings is 1. The quantitative estimate of drug-likeness (QED) is 0.445. The standard InChI is InChI=1S/C22H28FN3O4S2/c1-22(2,19(27)28)13-31-18-11-24-20(32-18)25-21(29)26(12-14-6-4-5-7-14)17-9-8-15(30-3)10-16(17)23/h8-11,14H,4-7,12-13H2,1-3H3,(H,27,28)(H,24,25,29). The van der Waals surface area contributed by atoms with E-state index in [1.54, 1.807) is 32.2 Å². The molecule has 10 heteroatoms. The summed E-state index contributed by atoms with van der Waals surface area (Å²) in [6, 6.07) is 4.01. The molecule has 1 aromatic heterocycles. The third kappa shape index (κ3) is 6.13. The number of carbonyl (C=O) groups excluding carboxylic acids is 1. The molecule has 1 aromatic carbocycles. The van der Waals surface area contributed by atoms with E-state index in [4.69, 9.17) is 4.74 Å². The number of carboxylic acid groups (broad SMARTS) is 1. The number of nitrogens with zero attached hydrogens (tertiary/aromatic N) is 2. The van der Waals surface area contributed by atoms with E-state index in [-0.39, 0.29) is 5.69 Å². The van der Waals surface area contributed by atoms with Crippen LogP contribution >= 0.6 is 23.1 Å². The molecule has 3 rings (SSSR count). The fourth-order valence-corrected chi connectivity index (χ4v) is 5.37. The van der Waals surface area contributed by atoms with E-state index in [9.17, 15) is 19.1 Å². The molecule has 7 nitrogen and oxygen atoms in total. The number of aromatic nitrogens is 1. The van der Waals surface area contributed by atoms with E-state index >= 15 is 0 Å². The predicted molar refractivity (Wildman–Crippen MR) is 126 cm³/mol. The van der Waals surface area contributed by atoms with Crippen LogP contribution in [0.1, 0.15) is 39.5 Å². The van der Waals surface area contributed by atoms with Crippen molar-refractivity contribution in [3.05, 3.63) is 30.2 Å². The highest BCUT2D eigenvalue weighted by Gasteiger charge is 2.28. The maximum Gasteiger partial charge on any atom is 0.328 e. The molecular formula is C22H28FN3O4S2. The van der Waals surface area contributed by atoms with Crippen LogP contribution in [0.2, 0.25) is 0 Å². The van der Waals surface area contributed by atoms with Crippen molar-refractivity contribution in [1.82, 2.24) is 4.98 Å². The minimum Gasteiger partial charge on any atom is -0.497 e. The zero-order valence-electron chi connectivity index (χ0n) is 18.4. The van der Waals surface area contributed by atoms with Crippen molar-refractivity contribution in [2.24, 2.45) is 11.3 Å². The Bertz CT molecular complexity index is 960. The molecule has 174 valence electrons. The second-order valence-corrected chi connectivity index (χ2v) is 10.8. The van der Waals surface area contributed by atoms with Gasteiger partial charge < -0.3 is 9.84 Å². The predicted octanol–water partition coefficient (Wildman–Crippen LogP) is 5.72. The number of hydrogen-bond acceptors (Lipinski definition) is 6. The van der Waals surface area contributed by atoms with Crippen LogP contribution in [0.4, 0.5) is 20.0 Å². The highest BCUT2D eigenvalue weighted by molar-refractivity contribution is 8.01. The molecule has 1 saturated carbocycles. The summed E-state index contributed by atoms with van der Waals surface area (Å²) in [6.07, 6.45) is 5.87. The minimum atomic E-state index is -0.873. The van der Waals surface area contributed by atoms with Gasteiger partial charge in [-0.2, -0.15) is 0 Å². The highest BCUT2D eigenvalue weighted by Crippen LogP contribution is 2.34. The van der Waals surface area contributed by atoms with Crippen molar-refractivity contribution in [2.75, 3.05) is 29.6 Å². The number of methoxy groups -OCH3 is 1. The number of halogens is 1. The zero-order chi connectivity index (χ0) is 23.3. The fourth-order valence-electron chi connectivity index (χ4n) is 3.43.